The van der Waals surface area contributed by atoms with Crippen LogP contribution < -0.4 is 10.2 Å². The largest absolute Gasteiger partial charge is 0.355 e. The van der Waals surface area contributed by atoms with Crippen LogP contribution in [0.15, 0.2) is 12.3 Å². The van der Waals surface area contributed by atoms with E-state index in [1.54, 1.807) is 12.3 Å². The SMILES string of the molecule is CNCCN1C(=O)CC[C@H]2CN(c3ncc(Cl)cc3Cl)CC[C@H]21. The minimum Gasteiger partial charge on any atom is -0.355 e. The molecule has 2 aliphatic rings. The summed E-state index contributed by atoms with van der Waals surface area (Å²) in [4.78, 5) is 20.9. The summed E-state index contributed by atoms with van der Waals surface area (Å²) in [6.07, 6.45) is 4.18. The Hall–Kier alpha value is -1.04. The van der Waals surface area contributed by atoms with Gasteiger partial charge in [-0.25, -0.2) is 4.98 Å². The third-order valence-corrected chi connectivity index (χ3v) is 5.32. The summed E-state index contributed by atoms with van der Waals surface area (Å²) in [5, 5.41) is 4.28. The zero-order valence-corrected chi connectivity index (χ0v) is 14.8. The van der Waals surface area contributed by atoms with Gasteiger partial charge in [0.05, 0.1) is 10.0 Å². The third kappa shape index (κ3) is 3.57. The van der Waals surface area contributed by atoms with Crippen molar-refractivity contribution in [1.82, 2.24) is 15.2 Å². The molecule has 126 valence electrons. The molecule has 2 atom stereocenters. The number of carbonyl (C=O) groups is 1. The van der Waals surface area contributed by atoms with E-state index in [2.05, 4.69) is 20.1 Å². The zero-order valence-electron chi connectivity index (χ0n) is 13.3. The smallest absolute Gasteiger partial charge is 0.222 e. The molecule has 7 heteroatoms. The molecule has 0 radical (unpaired) electrons. The number of nitrogens with one attached hydrogen (secondary N) is 1. The minimum absolute atomic E-state index is 0.289. The van der Waals surface area contributed by atoms with Crippen molar-refractivity contribution in [2.75, 3.05) is 38.1 Å². The third-order valence-electron chi connectivity index (χ3n) is 4.83. The molecule has 2 aliphatic heterocycles. The van der Waals surface area contributed by atoms with Crippen LogP contribution in [-0.4, -0.2) is 55.1 Å². The lowest BCUT2D eigenvalue weighted by molar-refractivity contribution is -0.139. The number of amides is 1. The van der Waals surface area contributed by atoms with Crippen molar-refractivity contribution in [3.05, 3.63) is 22.3 Å². The van der Waals surface area contributed by atoms with Crippen molar-refractivity contribution in [1.29, 1.82) is 0 Å². The number of likely N-dealkylation sites (tertiary alicyclic amines) is 1. The van der Waals surface area contributed by atoms with Crippen molar-refractivity contribution in [2.24, 2.45) is 5.92 Å². The second kappa shape index (κ2) is 7.24. The van der Waals surface area contributed by atoms with Crippen LogP contribution in [0.25, 0.3) is 0 Å². The maximum absolute atomic E-state index is 12.2. The lowest BCUT2D eigenvalue weighted by Gasteiger charge is -2.47. The lowest BCUT2D eigenvalue weighted by Crippen LogP contribution is -2.57. The highest BCUT2D eigenvalue weighted by atomic mass is 35.5. The first kappa shape index (κ1) is 16.8. The summed E-state index contributed by atoms with van der Waals surface area (Å²) in [5.41, 5.74) is 0. The molecule has 23 heavy (non-hydrogen) atoms. The van der Waals surface area contributed by atoms with E-state index in [1.165, 1.54) is 0 Å². The normalized spacial score (nSPS) is 24.7. The van der Waals surface area contributed by atoms with Crippen LogP contribution in [-0.2, 0) is 4.79 Å². The molecule has 3 heterocycles. The lowest BCUT2D eigenvalue weighted by atomic mass is 9.83. The molecule has 0 bridgehead atoms. The Bertz CT molecular complexity index is 583. The predicted octanol–water partition coefficient (Wildman–Crippen LogP) is 2.43. The number of halogens is 2. The maximum atomic E-state index is 12.2. The molecule has 2 saturated heterocycles. The van der Waals surface area contributed by atoms with E-state index in [0.717, 1.165) is 44.8 Å². The van der Waals surface area contributed by atoms with Gasteiger partial charge in [-0.15, -0.1) is 0 Å². The second-order valence-electron chi connectivity index (χ2n) is 6.25. The number of aromatic nitrogens is 1. The van der Waals surface area contributed by atoms with E-state index in [4.69, 9.17) is 23.2 Å². The Morgan fingerprint density at radius 2 is 2.22 bits per heavy atom. The molecule has 5 nitrogen and oxygen atoms in total. The fraction of sp³-hybridized carbons (Fsp3) is 0.625. The fourth-order valence-electron chi connectivity index (χ4n) is 3.71. The molecule has 1 amide bonds. The molecule has 0 saturated carbocycles. The highest BCUT2D eigenvalue weighted by Crippen LogP contribution is 2.35. The molecule has 1 aromatic rings. The van der Waals surface area contributed by atoms with E-state index < -0.39 is 0 Å². The van der Waals surface area contributed by atoms with Crippen LogP contribution in [0.3, 0.4) is 0 Å². The topological polar surface area (TPSA) is 48.5 Å². The van der Waals surface area contributed by atoms with Gasteiger partial charge < -0.3 is 15.1 Å². The van der Waals surface area contributed by atoms with Crippen LogP contribution in [0.4, 0.5) is 5.82 Å². The standard InChI is InChI=1S/C16H22Cl2N4O/c1-19-5-7-22-14-4-6-21(10-11(14)2-3-15(22)23)16-13(18)8-12(17)9-20-16/h8-9,11,14,19H,2-7,10H2,1H3/t11-,14+/m0/s1. The average molecular weight is 357 g/mol. The Labute approximate surface area is 146 Å². The Balaban J connectivity index is 1.72. The first-order valence-corrected chi connectivity index (χ1v) is 8.86. The van der Waals surface area contributed by atoms with Gasteiger partial charge in [-0.05, 0) is 31.9 Å². The van der Waals surface area contributed by atoms with Gasteiger partial charge in [0.1, 0.15) is 5.82 Å². The molecule has 3 rings (SSSR count). The average Bonchev–Trinajstić information content (AvgIpc) is 2.53. The Morgan fingerprint density at radius 3 is 2.96 bits per heavy atom. The summed E-state index contributed by atoms with van der Waals surface area (Å²) in [6.45, 7) is 3.38. The minimum atomic E-state index is 0.289. The molecule has 0 aliphatic carbocycles. The molecule has 0 unspecified atom stereocenters. The van der Waals surface area contributed by atoms with Gasteiger partial charge in [-0.1, -0.05) is 23.2 Å². The van der Waals surface area contributed by atoms with Gasteiger partial charge in [0, 0.05) is 44.8 Å². The number of hydrogen-bond donors (Lipinski definition) is 1. The summed E-state index contributed by atoms with van der Waals surface area (Å²) < 4.78 is 0. The van der Waals surface area contributed by atoms with Gasteiger partial charge in [0.2, 0.25) is 5.91 Å². The number of likely N-dealkylation sites (N-methyl/N-ethyl adjacent to an activating group) is 1. The number of nitrogens with zero attached hydrogens (tertiary/aromatic N) is 3. The molecule has 0 aromatic carbocycles. The number of rotatable bonds is 4. The van der Waals surface area contributed by atoms with Gasteiger partial charge in [0.25, 0.3) is 0 Å². The molecular weight excluding hydrogens is 335 g/mol. The second-order valence-corrected chi connectivity index (χ2v) is 7.09. The van der Waals surface area contributed by atoms with Gasteiger partial charge in [-0.3, -0.25) is 4.79 Å². The van der Waals surface area contributed by atoms with Crippen molar-refractivity contribution in [3.63, 3.8) is 0 Å². The Kier molecular flexibility index (Phi) is 5.29. The molecule has 0 spiro atoms. The monoisotopic (exact) mass is 356 g/mol. The van der Waals surface area contributed by atoms with Crippen LogP contribution in [0.2, 0.25) is 10.0 Å². The van der Waals surface area contributed by atoms with E-state index in [0.29, 0.717) is 28.4 Å². The number of anilines is 1. The van der Waals surface area contributed by atoms with Gasteiger partial charge in [-0.2, -0.15) is 0 Å². The molecule has 1 N–H and O–H groups in total. The van der Waals surface area contributed by atoms with Crippen molar-refractivity contribution in [2.45, 2.75) is 25.3 Å². The molecule has 1 aromatic heterocycles. The van der Waals surface area contributed by atoms with Crippen LogP contribution >= 0.6 is 23.2 Å². The van der Waals surface area contributed by atoms with Gasteiger partial charge >= 0.3 is 0 Å². The quantitative estimate of drug-likeness (QED) is 0.899. The molecular formula is C16H22Cl2N4O. The van der Waals surface area contributed by atoms with Crippen molar-refractivity contribution >= 4 is 34.9 Å². The van der Waals surface area contributed by atoms with Crippen molar-refractivity contribution < 1.29 is 4.79 Å². The van der Waals surface area contributed by atoms with E-state index in [9.17, 15) is 4.79 Å². The number of pyridine rings is 1. The maximum Gasteiger partial charge on any atom is 0.222 e. The van der Waals surface area contributed by atoms with Crippen molar-refractivity contribution in [3.8, 4) is 0 Å². The zero-order chi connectivity index (χ0) is 16.4. The van der Waals surface area contributed by atoms with Crippen LogP contribution in [0.5, 0.6) is 0 Å². The Morgan fingerprint density at radius 1 is 1.39 bits per heavy atom. The number of fused-ring (bicyclic) bond motifs is 1. The number of piperidine rings is 2. The van der Waals surface area contributed by atoms with E-state index in [1.807, 2.05) is 7.05 Å². The van der Waals surface area contributed by atoms with E-state index in [-0.39, 0.29) is 5.91 Å². The van der Waals surface area contributed by atoms with Crippen LogP contribution in [0, 0.1) is 5.92 Å². The van der Waals surface area contributed by atoms with E-state index >= 15 is 0 Å². The number of hydrogen-bond acceptors (Lipinski definition) is 4. The summed E-state index contributed by atoms with van der Waals surface area (Å²) in [6, 6.07) is 2.08. The fourth-order valence-corrected chi connectivity index (χ4v) is 4.21. The first-order chi connectivity index (χ1) is 11.1. The molecule has 2 fully saturated rings. The predicted molar refractivity (Wildman–Crippen MR) is 93.2 cm³/mol. The highest BCUT2D eigenvalue weighted by molar-refractivity contribution is 6.36. The summed E-state index contributed by atoms with van der Waals surface area (Å²) >= 11 is 12.2. The summed E-state index contributed by atoms with van der Waals surface area (Å²) in [5.74, 6) is 1.57. The van der Waals surface area contributed by atoms with Gasteiger partial charge in [0.15, 0.2) is 0 Å². The number of carbonyl (C=O) groups excluding carboxylic acids is 1. The first-order valence-electron chi connectivity index (χ1n) is 8.10. The van der Waals surface area contributed by atoms with Crippen LogP contribution in [0.1, 0.15) is 19.3 Å². The highest BCUT2D eigenvalue weighted by Gasteiger charge is 2.39. The summed E-state index contributed by atoms with van der Waals surface area (Å²) in [7, 11) is 1.92.